The Morgan fingerprint density at radius 2 is 2.41 bits per heavy atom. The third-order valence-corrected chi connectivity index (χ3v) is 3.69. The van der Waals surface area contributed by atoms with Crippen molar-refractivity contribution in [2.45, 2.75) is 19.5 Å². The highest BCUT2D eigenvalue weighted by atomic mass is 32.1. The van der Waals surface area contributed by atoms with Gasteiger partial charge in [-0.3, -0.25) is 4.90 Å². The molecule has 0 bridgehead atoms. The van der Waals surface area contributed by atoms with Crippen LogP contribution in [0.4, 0.5) is 0 Å². The van der Waals surface area contributed by atoms with Crippen LogP contribution in [0.1, 0.15) is 22.4 Å². The van der Waals surface area contributed by atoms with Gasteiger partial charge in [-0.2, -0.15) is 0 Å². The van der Waals surface area contributed by atoms with Crippen LogP contribution in [-0.2, 0) is 6.54 Å². The summed E-state index contributed by atoms with van der Waals surface area (Å²) < 4.78 is 5.06. The lowest BCUT2D eigenvalue weighted by Gasteiger charge is -2.24. The van der Waals surface area contributed by atoms with Crippen molar-refractivity contribution in [1.29, 1.82) is 0 Å². The lowest BCUT2D eigenvalue weighted by molar-refractivity contribution is 0.237. The summed E-state index contributed by atoms with van der Waals surface area (Å²) in [6, 6.07) is 6.37. The van der Waals surface area contributed by atoms with E-state index in [2.05, 4.69) is 34.6 Å². The normalized spacial score (nSPS) is 13.2. The van der Waals surface area contributed by atoms with Gasteiger partial charge in [0.2, 0.25) is 0 Å². The SMILES string of the molecule is Cc1cc(CN(C)C(CN)c2cccs2)no1. The van der Waals surface area contributed by atoms with Crippen molar-refractivity contribution >= 4 is 11.3 Å². The fraction of sp³-hybridized carbons (Fsp3) is 0.417. The molecule has 4 nitrogen and oxygen atoms in total. The van der Waals surface area contributed by atoms with E-state index >= 15 is 0 Å². The number of nitrogens with two attached hydrogens (primary N) is 1. The Bertz CT molecular complexity index is 452. The Hall–Kier alpha value is -1.17. The predicted molar refractivity (Wildman–Crippen MR) is 68.8 cm³/mol. The zero-order chi connectivity index (χ0) is 12.3. The molecule has 1 unspecified atom stereocenters. The largest absolute Gasteiger partial charge is 0.361 e. The van der Waals surface area contributed by atoms with E-state index in [1.807, 2.05) is 13.0 Å². The standard InChI is InChI=1S/C12H17N3OS/c1-9-6-10(14-16-9)8-15(2)11(7-13)12-4-3-5-17-12/h3-6,11H,7-8,13H2,1-2H3. The molecule has 0 aliphatic rings. The third-order valence-electron chi connectivity index (χ3n) is 2.72. The van der Waals surface area contributed by atoms with Gasteiger partial charge in [0.05, 0.1) is 11.7 Å². The van der Waals surface area contributed by atoms with Crippen molar-refractivity contribution in [3.05, 3.63) is 39.9 Å². The first-order chi connectivity index (χ1) is 8.20. The molecule has 92 valence electrons. The molecule has 0 radical (unpaired) electrons. The summed E-state index contributed by atoms with van der Waals surface area (Å²) in [7, 11) is 2.06. The highest BCUT2D eigenvalue weighted by Crippen LogP contribution is 2.24. The second-order valence-corrected chi connectivity index (χ2v) is 5.09. The van der Waals surface area contributed by atoms with Gasteiger partial charge in [0, 0.05) is 24.0 Å². The Morgan fingerprint density at radius 1 is 1.59 bits per heavy atom. The maximum Gasteiger partial charge on any atom is 0.133 e. The topological polar surface area (TPSA) is 55.3 Å². The van der Waals surface area contributed by atoms with Crippen molar-refractivity contribution in [2.75, 3.05) is 13.6 Å². The first kappa shape index (κ1) is 12.3. The molecule has 0 saturated heterocycles. The molecule has 0 spiro atoms. The number of nitrogens with zero attached hydrogens (tertiary/aromatic N) is 2. The summed E-state index contributed by atoms with van der Waals surface area (Å²) >= 11 is 1.73. The van der Waals surface area contributed by atoms with Crippen molar-refractivity contribution < 1.29 is 4.52 Å². The molecule has 2 rings (SSSR count). The summed E-state index contributed by atoms with van der Waals surface area (Å²) in [6.45, 7) is 3.25. The van der Waals surface area contributed by atoms with Gasteiger partial charge >= 0.3 is 0 Å². The molecule has 0 aromatic carbocycles. The van der Waals surface area contributed by atoms with Crippen LogP contribution in [0.15, 0.2) is 28.1 Å². The maximum absolute atomic E-state index is 5.84. The fourth-order valence-corrected chi connectivity index (χ4v) is 2.76. The molecule has 0 amide bonds. The molecule has 17 heavy (non-hydrogen) atoms. The number of hydrogen-bond donors (Lipinski definition) is 1. The lowest BCUT2D eigenvalue weighted by atomic mass is 10.2. The number of thiophene rings is 1. The van der Waals surface area contributed by atoms with E-state index in [-0.39, 0.29) is 6.04 Å². The predicted octanol–water partition coefficient (Wildman–Crippen LogP) is 2.18. The minimum atomic E-state index is 0.243. The Kier molecular flexibility index (Phi) is 3.93. The smallest absolute Gasteiger partial charge is 0.133 e. The van der Waals surface area contributed by atoms with Gasteiger partial charge in [-0.25, -0.2) is 0 Å². The zero-order valence-electron chi connectivity index (χ0n) is 10.1. The zero-order valence-corrected chi connectivity index (χ0v) is 10.9. The van der Waals surface area contributed by atoms with Gasteiger partial charge in [-0.1, -0.05) is 11.2 Å². The van der Waals surface area contributed by atoms with Crippen LogP contribution in [0, 0.1) is 6.92 Å². The van der Waals surface area contributed by atoms with Crippen molar-refractivity contribution in [1.82, 2.24) is 10.1 Å². The molecule has 0 saturated carbocycles. The molecule has 0 aliphatic carbocycles. The van der Waals surface area contributed by atoms with Gasteiger partial charge in [-0.05, 0) is 25.4 Å². The highest BCUT2D eigenvalue weighted by molar-refractivity contribution is 7.10. The van der Waals surface area contributed by atoms with Crippen LogP contribution in [-0.4, -0.2) is 23.6 Å². The Balaban J connectivity index is 2.05. The molecule has 0 fully saturated rings. The summed E-state index contributed by atoms with van der Waals surface area (Å²) in [5.74, 6) is 0.842. The summed E-state index contributed by atoms with van der Waals surface area (Å²) in [6.07, 6.45) is 0. The number of likely N-dealkylation sites (N-methyl/N-ethyl adjacent to an activating group) is 1. The van der Waals surface area contributed by atoms with Crippen LogP contribution in [0.5, 0.6) is 0 Å². The van der Waals surface area contributed by atoms with Crippen LogP contribution in [0.25, 0.3) is 0 Å². The average Bonchev–Trinajstić information content (AvgIpc) is 2.92. The summed E-state index contributed by atoms with van der Waals surface area (Å²) in [4.78, 5) is 3.48. The molecule has 0 aliphatic heterocycles. The van der Waals surface area contributed by atoms with E-state index in [4.69, 9.17) is 10.3 Å². The quantitative estimate of drug-likeness (QED) is 0.885. The van der Waals surface area contributed by atoms with E-state index < -0.39 is 0 Å². The van der Waals surface area contributed by atoms with E-state index in [0.717, 1.165) is 18.0 Å². The lowest BCUT2D eigenvalue weighted by Crippen LogP contribution is -2.29. The minimum absolute atomic E-state index is 0.243. The van der Waals surface area contributed by atoms with Crippen LogP contribution >= 0.6 is 11.3 Å². The molecular formula is C12H17N3OS. The first-order valence-corrected chi connectivity index (χ1v) is 6.44. The molecule has 2 aromatic heterocycles. The number of hydrogen-bond acceptors (Lipinski definition) is 5. The average molecular weight is 251 g/mol. The summed E-state index contributed by atoms with van der Waals surface area (Å²) in [5, 5.41) is 6.08. The second kappa shape index (κ2) is 5.44. The van der Waals surface area contributed by atoms with Crippen LogP contribution in [0.3, 0.4) is 0 Å². The molecule has 5 heteroatoms. The number of rotatable bonds is 5. The second-order valence-electron chi connectivity index (χ2n) is 4.11. The van der Waals surface area contributed by atoms with E-state index in [0.29, 0.717) is 6.54 Å². The number of aromatic nitrogens is 1. The molecular weight excluding hydrogens is 234 g/mol. The van der Waals surface area contributed by atoms with E-state index in [1.54, 1.807) is 11.3 Å². The number of aryl methyl sites for hydroxylation is 1. The maximum atomic E-state index is 5.84. The first-order valence-electron chi connectivity index (χ1n) is 5.56. The van der Waals surface area contributed by atoms with Crippen molar-refractivity contribution in [2.24, 2.45) is 5.73 Å². The van der Waals surface area contributed by atoms with Crippen LogP contribution in [0.2, 0.25) is 0 Å². The van der Waals surface area contributed by atoms with Crippen LogP contribution < -0.4 is 5.73 Å². The monoisotopic (exact) mass is 251 g/mol. The van der Waals surface area contributed by atoms with E-state index in [9.17, 15) is 0 Å². The molecule has 2 aromatic rings. The van der Waals surface area contributed by atoms with E-state index in [1.165, 1.54) is 4.88 Å². The Morgan fingerprint density at radius 3 is 2.94 bits per heavy atom. The minimum Gasteiger partial charge on any atom is -0.361 e. The third kappa shape index (κ3) is 2.94. The fourth-order valence-electron chi connectivity index (χ4n) is 1.85. The van der Waals surface area contributed by atoms with Gasteiger partial charge in [0.25, 0.3) is 0 Å². The molecule has 2 N–H and O–H groups in total. The molecule has 2 heterocycles. The van der Waals surface area contributed by atoms with Gasteiger partial charge < -0.3 is 10.3 Å². The van der Waals surface area contributed by atoms with Gasteiger partial charge in [-0.15, -0.1) is 11.3 Å². The molecule has 1 atom stereocenters. The van der Waals surface area contributed by atoms with Gasteiger partial charge in [0.15, 0.2) is 0 Å². The van der Waals surface area contributed by atoms with Gasteiger partial charge in [0.1, 0.15) is 5.76 Å². The van der Waals surface area contributed by atoms with Crippen molar-refractivity contribution in [3.8, 4) is 0 Å². The summed E-state index contributed by atoms with van der Waals surface area (Å²) in [5.41, 5.74) is 6.79. The highest BCUT2D eigenvalue weighted by Gasteiger charge is 2.17. The Labute approximate surface area is 105 Å². The van der Waals surface area contributed by atoms with Crippen molar-refractivity contribution in [3.63, 3.8) is 0 Å².